The van der Waals surface area contributed by atoms with Crippen LogP contribution in [-0.2, 0) is 0 Å². The van der Waals surface area contributed by atoms with E-state index in [1.54, 1.807) is 5.56 Å². The fraction of sp³-hybridized carbons (Fsp3) is 0.111. The van der Waals surface area contributed by atoms with Gasteiger partial charge in [0.15, 0.2) is 0 Å². The summed E-state index contributed by atoms with van der Waals surface area (Å²) in [6.07, 6.45) is 0. The summed E-state index contributed by atoms with van der Waals surface area (Å²) in [6, 6.07) is 20.4. The average molecular weight is 354 g/mol. The lowest BCUT2D eigenvalue weighted by Gasteiger charge is -2.36. The molecule has 2 aliphatic carbocycles. The first kappa shape index (κ1) is 10.4. The van der Waals surface area contributed by atoms with Crippen molar-refractivity contribution >= 4 is 33.4 Å². The smallest absolute Gasteiger partial charge is 0.0209 e. The van der Waals surface area contributed by atoms with E-state index in [1.165, 1.54) is 31.0 Å². The molecule has 0 aromatic heterocycles. The van der Waals surface area contributed by atoms with Gasteiger partial charge in [-0.05, 0) is 67.7 Å². The Morgan fingerprint density at radius 1 is 0.684 bits per heavy atom. The van der Waals surface area contributed by atoms with Gasteiger partial charge in [0.2, 0.25) is 0 Å². The van der Waals surface area contributed by atoms with Crippen molar-refractivity contribution in [3.05, 3.63) is 80.4 Å². The molecule has 0 fully saturated rings. The van der Waals surface area contributed by atoms with Gasteiger partial charge >= 0.3 is 0 Å². The SMILES string of the molecule is Ic1ccc2c(c1)[C@H]1c3cccc4cccc(c34)[C@H]21. The Hall–Kier alpha value is -1.35. The first-order chi connectivity index (χ1) is 9.34. The van der Waals surface area contributed by atoms with Crippen molar-refractivity contribution in [3.8, 4) is 0 Å². The molecule has 2 atom stereocenters. The zero-order valence-corrected chi connectivity index (χ0v) is 12.4. The van der Waals surface area contributed by atoms with Crippen LogP contribution in [0, 0.1) is 3.57 Å². The van der Waals surface area contributed by atoms with E-state index in [0.717, 1.165) is 0 Å². The number of hydrogen-bond acceptors (Lipinski definition) is 0. The molecule has 1 heteroatoms. The third-order valence-electron chi connectivity index (χ3n) is 4.69. The molecule has 0 N–H and O–H groups in total. The maximum absolute atomic E-state index is 2.42. The van der Waals surface area contributed by atoms with Crippen molar-refractivity contribution in [2.75, 3.05) is 0 Å². The van der Waals surface area contributed by atoms with Crippen LogP contribution in [0.15, 0.2) is 54.6 Å². The highest BCUT2D eigenvalue weighted by atomic mass is 127. The number of hydrogen-bond donors (Lipinski definition) is 0. The van der Waals surface area contributed by atoms with Gasteiger partial charge in [-0.15, -0.1) is 0 Å². The second kappa shape index (κ2) is 3.40. The highest BCUT2D eigenvalue weighted by Crippen LogP contribution is 2.61. The summed E-state index contributed by atoms with van der Waals surface area (Å²) in [4.78, 5) is 0. The maximum atomic E-state index is 2.42. The van der Waals surface area contributed by atoms with Crippen LogP contribution >= 0.6 is 22.6 Å². The van der Waals surface area contributed by atoms with Crippen LogP contribution in [0.5, 0.6) is 0 Å². The van der Waals surface area contributed by atoms with Gasteiger partial charge in [0.25, 0.3) is 0 Å². The monoisotopic (exact) mass is 354 g/mol. The molecule has 0 bridgehead atoms. The fourth-order valence-corrected chi connectivity index (χ4v) is 4.49. The Kier molecular flexibility index (Phi) is 1.87. The minimum absolute atomic E-state index is 0.603. The molecule has 19 heavy (non-hydrogen) atoms. The Morgan fingerprint density at radius 2 is 1.37 bits per heavy atom. The van der Waals surface area contributed by atoms with Gasteiger partial charge in [0.05, 0.1) is 0 Å². The van der Waals surface area contributed by atoms with Crippen LogP contribution < -0.4 is 0 Å². The zero-order valence-electron chi connectivity index (χ0n) is 10.2. The van der Waals surface area contributed by atoms with Gasteiger partial charge in [0.1, 0.15) is 0 Å². The summed E-state index contributed by atoms with van der Waals surface area (Å²) in [6.45, 7) is 0. The van der Waals surface area contributed by atoms with Gasteiger partial charge in [-0.1, -0.05) is 42.5 Å². The maximum Gasteiger partial charge on any atom is 0.0209 e. The summed E-state index contributed by atoms with van der Waals surface area (Å²) in [7, 11) is 0. The summed E-state index contributed by atoms with van der Waals surface area (Å²) in [5.41, 5.74) is 6.15. The van der Waals surface area contributed by atoms with E-state index >= 15 is 0 Å². The van der Waals surface area contributed by atoms with E-state index in [-0.39, 0.29) is 0 Å². The standard InChI is InChI=1S/C18H11I/c19-11-7-8-12-15(9-11)18-14-6-2-4-10-3-1-5-13(16(10)14)17(12)18/h1-9,17-18H/t17-,18+/m0/s1. The van der Waals surface area contributed by atoms with E-state index in [1.807, 2.05) is 0 Å². The van der Waals surface area contributed by atoms with E-state index in [0.29, 0.717) is 11.8 Å². The topological polar surface area (TPSA) is 0 Å². The third-order valence-corrected chi connectivity index (χ3v) is 5.36. The molecule has 0 nitrogen and oxygen atoms in total. The quantitative estimate of drug-likeness (QED) is 0.497. The average Bonchev–Trinajstić information content (AvgIpc) is 2.70. The van der Waals surface area contributed by atoms with Gasteiger partial charge in [-0.2, -0.15) is 0 Å². The van der Waals surface area contributed by atoms with Crippen molar-refractivity contribution in [1.29, 1.82) is 0 Å². The zero-order chi connectivity index (χ0) is 12.6. The number of halogens is 1. The number of fused-ring (bicyclic) bond motifs is 6. The molecule has 0 amide bonds. The highest BCUT2D eigenvalue weighted by Gasteiger charge is 2.45. The Bertz CT molecular complexity index is 842. The van der Waals surface area contributed by atoms with E-state index in [9.17, 15) is 0 Å². The normalized spacial score (nSPS) is 21.9. The summed E-state index contributed by atoms with van der Waals surface area (Å²) >= 11 is 2.42. The first-order valence-corrected chi connectivity index (χ1v) is 7.73. The van der Waals surface area contributed by atoms with Crippen molar-refractivity contribution in [3.63, 3.8) is 0 Å². The van der Waals surface area contributed by atoms with E-state index in [4.69, 9.17) is 0 Å². The van der Waals surface area contributed by atoms with Crippen molar-refractivity contribution in [2.24, 2.45) is 0 Å². The second-order valence-corrected chi connectivity index (χ2v) is 6.77. The Labute approximate surface area is 125 Å². The highest BCUT2D eigenvalue weighted by molar-refractivity contribution is 14.1. The van der Waals surface area contributed by atoms with Crippen molar-refractivity contribution < 1.29 is 0 Å². The number of benzene rings is 3. The molecular formula is C18H11I. The molecule has 5 rings (SSSR count). The Balaban J connectivity index is 1.90. The Morgan fingerprint density at radius 3 is 2.11 bits per heavy atom. The van der Waals surface area contributed by atoms with Gasteiger partial charge in [0, 0.05) is 15.4 Å². The van der Waals surface area contributed by atoms with Gasteiger partial charge < -0.3 is 0 Å². The van der Waals surface area contributed by atoms with Crippen LogP contribution in [0.1, 0.15) is 34.1 Å². The molecular weight excluding hydrogens is 343 g/mol. The molecule has 0 saturated carbocycles. The van der Waals surface area contributed by atoms with Crippen molar-refractivity contribution in [1.82, 2.24) is 0 Å². The van der Waals surface area contributed by atoms with E-state index < -0.39 is 0 Å². The molecule has 0 saturated heterocycles. The lowest BCUT2D eigenvalue weighted by molar-refractivity contribution is 0.635. The molecule has 0 radical (unpaired) electrons. The molecule has 0 aliphatic heterocycles. The molecule has 2 aliphatic rings. The van der Waals surface area contributed by atoms with Gasteiger partial charge in [-0.3, -0.25) is 0 Å². The second-order valence-electron chi connectivity index (χ2n) is 5.52. The molecule has 3 aromatic carbocycles. The minimum atomic E-state index is 0.603. The van der Waals surface area contributed by atoms with Crippen LogP contribution in [0.25, 0.3) is 10.8 Å². The minimum Gasteiger partial charge on any atom is -0.0613 e. The van der Waals surface area contributed by atoms with Crippen molar-refractivity contribution in [2.45, 2.75) is 11.8 Å². The predicted molar refractivity (Wildman–Crippen MR) is 86.8 cm³/mol. The summed E-state index contributed by atoms with van der Waals surface area (Å²) in [5.74, 6) is 1.21. The van der Waals surface area contributed by atoms with Crippen LogP contribution in [-0.4, -0.2) is 0 Å². The lowest BCUT2D eigenvalue weighted by atomic mass is 9.67. The number of rotatable bonds is 0. The molecule has 3 aromatic rings. The van der Waals surface area contributed by atoms with Crippen LogP contribution in [0.3, 0.4) is 0 Å². The molecule has 0 heterocycles. The molecule has 90 valence electrons. The largest absolute Gasteiger partial charge is 0.0613 e. The molecule has 0 spiro atoms. The summed E-state index contributed by atoms with van der Waals surface area (Å²) < 4.78 is 1.35. The lowest BCUT2D eigenvalue weighted by Crippen LogP contribution is -2.22. The van der Waals surface area contributed by atoms with E-state index in [2.05, 4.69) is 77.2 Å². The first-order valence-electron chi connectivity index (χ1n) is 6.65. The molecule has 0 unspecified atom stereocenters. The van der Waals surface area contributed by atoms with Gasteiger partial charge in [-0.25, -0.2) is 0 Å². The third kappa shape index (κ3) is 1.15. The predicted octanol–water partition coefficient (Wildman–Crippen LogP) is 5.04. The van der Waals surface area contributed by atoms with Crippen LogP contribution in [0.4, 0.5) is 0 Å². The van der Waals surface area contributed by atoms with Crippen LogP contribution in [0.2, 0.25) is 0 Å². The summed E-state index contributed by atoms with van der Waals surface area (Å²) in [5, 5.41) is 2.90. The fourth-order valence-electron chi connectivity index (χ4n) is 3.97.